The molecule has 0 aromatic heterocycles. The van der Waals surface area contributed by atoms with Crippen LogP contribution in [0.1, 0.15) is 30.7 Å². The highest BCUT2D eigenvalue weighted by atomic mass is 16.4. The molecule has 1 unspecified atom stereocenters. The molecule has 6 N–H and O–H groups in total. The number of carbonyl (C=O) groups excluding carboxylic acids is 2. The molecule has 7 nitrogen and oxygen atoms in total. The zero-order chi connectivity index (χ0) is 15.7. The summed E-state index contributed by atoms with van der Waals surface area (Å²) in [5.41, 5.74) is 11.3. The van der Waals surface area contributed by atoms with E-state index in [0.717, 1.165) is 0 Å². The molecule has 114 valence electrons. The van der Waals surface area contributed by atoms with E-state index in [2.05, 4.69) is 10.5 Å². The lowest BCUT2D eigenvalue weighted by atomic mass is 9.97. The van der Waals surface area contributed by atoms with Gasteiger partial charge in [0.25, 0.3) is 0 Å². The van der Waals surface area contributed by atoms with Crippen LogP contribution in [0.2, 0.25) is 0 Å². The number of primary amides is 1. The molecule has 7 heteroatoms. The SMILES string of the molecule is NC(=O)CCCCNC(=O)C(/C(N)=N/O)c1ccccc1. The molecule has 0 saturated carbocycles. The Morgan fingerprint density at radius 1 is 1.19 bits per heavy atom. The summed E-state index contributed by atoms with van der Waals surface area (Å²) in [7, 11) is 0. The van der Waals surface area contributed by atoms with E-state index in [9.17, 15) is 9.59 Å². The van der Waals surface area contributed by atoms with Gasteiger partial charge in [0, 0.05) is 13.0 Å². The third-order valence-corrected chi connectivity index (χ3v) is 2.96. The average molecular weight is 292 g/mol. The summed E-state index contributed by atoms with van der Waals surface area (Å²) in [4.78, 5) is 22.8. The Bertz CT molecular complexity index is 502. The highest BCUT2D eigenvalue weighted by molar-refractivity contribution is 6.07. The number of nitrogens with one attached hydrogen (secondary N) is 1. The lowest BCUT2D eigenvalue weighted by Gasteiger charge is -2.15. The Hall–Kier alpha value is -2.57. The molecule has 0 fully saturated rings. The maximum absolute atomic E-state index is 12.2. The maximum atomic E-state index is 12.2. The summed E-state index contributed by atoms with van der Waals surface area (Å²) < 4.78 is 0. The first kappa shape index (κ1) is 16.5. The molecule has 0 bridgehead atoms. The lowest BCUT2D eigenvalue weighted by molar-refractivity contribution is -0.121. The number of nitrogens with two attached hydrogens (primary N) is 2. The van der Waals surface area contributed by atoms with E-state index in [4.69, 9.17) is 16.7 Å². The Morgan fingerprint density at radius 3 is 2.43 bits per heavy atom. The van der Waals surface area contributed by atoms with Crippen LogP contribution < -0.4 is 16.8 Å². The molecular weight excluding hydrogens is 272 g/mol. The molecule has 0 heterocycles. The first-order chi connectivity index (χ1) is 10.1. The van der Waals surface area contributed by atoms with Gasteiger partial charge in [-0.1, -0.05) is 35.5 Å². The minimum atomic E-state index is -0.840. The monoisotopic (exact) mass is 292 g/mol. The highest BCUT2D eigenvalue weighted by Gasteiger charge is 2.24. The summed E-state index contributed by atoms with van der Waals surface area (Å²) in [5.74, 6) is -1.72. The van der Waals surface area contributed by atoms with Crippen LogP contribution in [0.4, 0.5) is 0 Å². The molecule has 0 aliphatic carbocycles. The second-order valence-electron chi connectivity index (χ2n) is 4.58. The molecule has 0 aliphatic rings. The minimum Gasteiger partial charge on any atom is -0.409 e. The van der Waals surface area contributed by atoms with Gasteiger partial charge < -0.3 is 22.0 Å². The fourth-order valence-corrected chi connectivity index (χ4v) is 1.90. The number of nitrogens with zero attached hydrogens (tertiary/aromatic N) is 1. The summed E-state index contributed by atoms with van der Waals surface area (Å²) in [5, 5.41) is 14.5. The number of carbonyl (C=O) groups is 2. The van der Waals surface area contributed by atoms with Crippen LogP contribution in [0.15, 0.2) is 35.5 Å². The summed E-state index contributed by atoms with van der Waals surface area (Å²) >= 11 is 0. The van der Waals surface area contributed by atoms with Gasteiger partial charge >= 0.3 is 0 Å². The molecule has 21 heavy (non-hydrogen) atoms. The summed E-state index contributed by atoms with van der Waals surface area (Å²) in [6.45, 7) is 0.397. The number of amides is 2. The van der Waals surface area contributed by atoms with Gasteiger partial charge in [-0.3, -0.25) is 9.59 Å². The third-order valence-electron chi connectivity index (χ3n) is 2.96. The molecular formula is C14H20N4O3. The third kappa shape index (κ3) is 5.52. The first-order valence-corrected chi connectivity index (χ1v) is 6.64. The molecule has 1 rings (SSSR count). The minimum absolute atomic E-state index is 0.171. The van der Waals surface area contributed by atoms with Gasteiger partial charge in [-0.25, -0.2) is 0 Å². The number of hydrogen-bond acceptors (Lipinski definition) is 4. The van der Waals surface area contributed by atoms with E-state index >= 15 is 0 Å². The highest BCUT2D eigenvalue weighted by Crippen LogP contribution is 2.16. The molecule has 0 aliphatic heterocycles. The number of oxime groups is 1. The molecule has 2 amide bonds. The summed E-state index contributed by atoms with van der Waals surface area (Å²) in [6.07, 6.45) is 1.53. The van der Waals surface area contributed by atoms with E-state index in [1.54, 1.807) is 24.3 Å². The number of rotatable bonds is 8. The van der Waals surface area contributed by atoms with Crippen molar-refractivity contribution in [2.75, 3.05) is 6.54 Å². The maximum Gasteiger partial charge on any atom is 0.235 e. The van der Waals surface area contributed by atoms with Crippen LogP contribution in [0.25, 0.3) is 0 Å². The fraction of sp³-hybridized carbons (Fsp3) is 0.357. The van der Waals surface area contributed by atoms with E-state index in [1.807, 2.05) is 6.07 Å². The van der Waals surface area contributed by atoms with Gasteiger partial charge in [-0.05, 0) is 18.4 Å². The molecule has 0 radical (unpaired) electrons. The van der Waals surface area contributed by atoms with Crippen molar-refractivity contribution in [3.63, 3.8) is 0 Å². The lowest BCUT2D eigenvalue weighted by Crippen LogP contribution is -2.37. The largest absolute Gasteiger partial charge is 0.409 e. The van der Waals surface area contributed by atoms with Crippen molar-refractivity contribution in [1.29, 1.82) is 0 Å². The van der Waals surface area contributed by atoms with Gasteiger partial charge in [0.1, 0.15) is 5.92 Å². The van der Waals surface area contributed by atoms with Crippen LogP contribution in [0.3, 0.4) is 0 Å². The molecule has 1 aromatic carbocycles. The summed E-state index contributed by atoms with van der Waals surface area (Å²) in [6, 6.07) is 8.82. The van der Waals surface area contributed by atoms with E-state index in [-0.39, 0.29) is 24.1 Å². The zero-order valence-electron chi connectivity index (χ0n) is 11.7. The van der Waals surface area contributed by atoms with Crippen LogP contribution in [-0.4, -0.2) is 29.4 Å². The zero-order valence-corrected chi connectivity index (χ0v) is 11.7. The van der Waals surface area contributed by atoms with Crippen molar-refractivity contribution in [3.8, 4) is 0 Å². The molecule has 1 aromatic rings. The Morgan fingerprint density at radius 2 is 1.86 bits per heavy atom. The topological polar surface area (TPSA) is 131 Å². The predicted molar refractivity (Wildman–Crippen MR) is 78.6 cm³/mol. The average Bonchev–Trinajstić information content (AvgIpc) is 2.47. The normalized spacial score (nSPS) is 12.7. The first-order valence-electron chi connectivity index (χ1n) is 6.64. The smallest absolute Gasteiger partial charge is 0.235 e. The van der Waals surface area contributed by atoms with Crippen molar-refractivity contribution in [2.45, 2.75) is 25.2 Å². The second kappa shape index (κ2) is 8.57. The number of unbranched alkanes of at least 4 members (excludes halogenated alkanes) is 1. The van der Waals surface area contributed by atoms with Crippen LogP contribution >= 0.6 is 0 Å². The van der Waals surface area contributed by atoms with E-state index in [1.165, 1.54) is 0 Å². The Labute approximate surface area is 123 Å². The van der Waals surface area contributed by atoms with Crippen molar-refractivity contribution in [1.82, 2.24) is 5.32 Å². The van der Waals surface area contributed by atoms with Gasteiger partial charge in [0.2, 0.25) is 11.8 Å². The molecule has 1 atom stereocenters. The second-order valence-corrected chi connectivity index (χ2v) is 4.58. The van der Waals surface area contributed by atoms with Crippen molar-refractivity contribution < 1.29 is 14.8 Å². The predicted octanol–water partition coefficient (Wildman–Crippen LogP) is 0.288. The molecule has 0 saturated heterocycles. The standard InChI is InChI=1S/C14H20N4O3/c15-11(19)8-4-5-9-17-14(20)12(13(16)18-21)10-6-2-1-3-7-10/h1-3,6-7,12,21H,4-5,8-9H2,(H2,15,19)(H2,16,18)(H,17,20). The van der Waals surface area contributed by atoms with E-state index < -0.39 is 5.92 Å². The van der Waals surface area contributed by atoms with Crippen LogP contribution in [0.5, 0.6) is 0 Å². The van der Waals surface area contributed by atoms with Gasteiger partial charge in [0.15, 0.2) is 5.84 Å². The van der Waals surface area contributed by atoms with Crippen LogP contribution in [-0.2, 0) is 9.59 Å². The van der Waals surface area contributed by atoms with Crippen molar-refractivity contribution in [3.05, 3.63) is 35.9 Å². The van der Waals surface area contributed by atoms with Gasteiger partial charge in [-0.2, -0.15) is 0 Å². The van der Waals surface area contributed by atoms with Gasteiger partial charge in [0.05, 0.1) is 0 Å². The fourth-order valence-electron chi connectivity index (χ4n) is 1.90. The van der Waals surface area contributed by atoms with Crippen LogP contribution in [0, 0.1) is 0 Å². The quantitative estimate of drug-likeness (QED) is 0.180. The van der Waals surface area contributed by atoms with Crippen molar-refractivity contribution in [2.24, 2.45) is 16.6 Å². The number of benzene rings is 1. The Kier molecular flexibility index (Phi) is 6.73. The molecule has 0 spiro atoms. The number of amidine groups is 1. The van der Waals surface area contributed by atoms with Gasteiger partial charge in [-0.15, -0.1) is 0 Å². The van der Waals surface area contributed by atoms with Crippen molar-refractivity contribution >= 4 is 17.6 Å². The number of hydrogen-bond donors (Lipinski definition) is 4. The Balaban J connectivity index is 2.60. The van der Waals surface area contributed by atoms with E-state index in [0.29, 0.717) is 24.9 Å².